The number of nitrogens with zero attached hydrogens (tertiary/aromatic N) is 2. The van der Waals surface area contributed by atoms with Crippen molar-refractivity contribution in [2.24, 2.45) is 0 Å². The van der Waals surface area contributed by atoms with Gasteiger partial charge in [0.2, 0.25) is 0 Å². The second kappa shape index (κ2) is 7.84. The smallest absolute Gasteiger partial charge is 0.128 e. The normalized spacial score (nSPS) is 10.9. The van der Waals surface area contributed by atoms with Crippen molar-refractivity contribution in [2.75, 3.05) is 0 Å². The Morgan fingerprint density at radius 3 is 2.54 bits per heavy atom. The molecule has 0 aliphatic heterocycles. The first kappa shape index (κ1) is 18.2. The van der Waals surface area contributed by atoms with Crippen molar-refractivity contribution in [3.8, 4) is 33.5 Å². The highest BCUT2D eigenvalue weighted by atomic mass is 32.1. The number of nitriles is 1. The summed E-state index contributed by atoms with van der Waals surface area (Å²) in [6, 6.07) is 21.6. The van der Waals surface area contributed by atoms with E-state index in [4.69, 9.17) is 10.2 Å². The number of phenols is 1. The van der Waals surface area contributed by atoms with Crippen molar-refractivity contribution in [3.63, 3.8) is 0 Å². The highest BCUT2D eigenvalue weighted by Gasteiger charge is 2.15. The molecule has 1 aromatic heterocycles. The van der Waals surface area contributed by atoms with Crippen molar-refractivity contribution >= 4 is 21.6 Å². The van der Waals surface area contributed by atoms with Crippen LogP contribution in [0.1, 0.15) is 30.9 Å². The Hall–Kier alpha value is -3.16. The first-order valence-corrected chi connectivity index (χ1v) is 10.2. The molecule has 4 rings (SSSR count). The SMILES string of the molecule is CCCCc1cc(-c2ccc(C#N)cc2)c2nc(-c3ccccc3O)sc2c1. The molecule has 0 saturated heterocycles. The summed E-state index contributed by atoms with van der Waals surface area (Å²) in [7, 11) is 0. The van der Waals surface area contributed by atoms with Gasteiger partial charge < -0.3 is 5.11 Å². The fourth-order valence-electron chi connectivity index (χ4n) is 3.33. The molecule has 0 atom stereocenters. The van der Waals surface area contributed by atoms with Crippen LogP contribution in [0.5, 0.6) is 5.75 Å². The molecule has 28 heavy (non-hydrogen) atoms. The number of aryl methyl sites for hydroxylation is 1. The molecule has 0 unspecified atom stereocenters. The number of rotatable bonds is 5. The fourth-order valence-corrected chi connectivity index (χ4v) is 4.42. The number of aromatic nitrogens is 1. The lowest BCUT2D eigenvalue weighted by molar-refractivity contribution is 0.477. The molecular weight excluding hydrogens is 364 g/mol. The summed E-state index contributed by atoms with van der Waals surface area (Å²) in [6.45, 7) is 2.20. The molecule has 138 valence electrons. The Labute approximate surface area is 168 Å². The summed E-state index contributed by atoms with van der Waals surface area (Å²) in [5.41, 5.74) is 5.76. The zero-order valence-electron chi connectivity index (χ0n) is 15.6. The first-order chi connectivity index (χ1) is 13.7. The first-order valence-electron chi connectivity index (χ1n) is 9.42. The van der Waals surface area contributed by atoms with Gasteiger partial charge in [-0.2, -0.15) is 5.26 Å². The minimum Gasteiger partial charge on any atom is -0.507 e. The van der Waals surface area contributed by atoms with E-state index >= 15 is 0 Å². The zero-order chi connectivity index (χ0) is 19.5. The molecule has 0 spiro atoms. The quantitative estimate of drug-likeness (QED) is 0.424. The third-order valence-corrected chi connectivity index (χ3v) is 5.87. The number of thiazole rings is 1. The number of unbranched alkanes of at least 4 members (excludes halogenated alkanes) is 1. The van der Waals surface area contributed by atoms with Gasteiger partial charge in [0, 0.05) is 5.56 Å². The molecule has 0 fully saturated rings. The third kappa shape index (κ3) is 3.49. The Bertz CT molecular complexity index is 1170. The van der Waals surface area contributed by atoms with E-state index in [2.05, 4.69) is 25.1 Å². The van der Waals surface area contributed by atoms with Crippen molar-refractivity contribution in [1.82, 2.24) is 4.98 Å². The van der Waals surface area contributed by atoms with Crippen LogP contribution in [0.4, 0.5) is 0 Å². The summed E-state index contributed by atoms with van der Waals surface area (Å²) >= 11 is 1.61. The standard InChI is InChI=1S/C24H20N2OS/c1-2-3-6-17-13-20(18-11-9-16(15-25)10-12-18)23-22(14-17)28-24(26-23)19-7-4-5-8-21(19)27/h4-5,7-14,27H,2-3,6H2,1H3. The maximum absolute atomic E-state index is 10.2. The van der Waals surface area contributed by atoms with Crippen molar-refractivity contribution in [3.05, 3.63) is 71.8 Å². The number of phenolic OH excluding ortho intramolecular Hbond substituents is 1. The highest BCUT2D eigenvalue weighted by molar-refractivity contribution is 7.21. The molecule has 1 N–H and O–H groups in total. The van der Waals surface area contributed by atoms with Crippen molar-refractivity contribution in [1.29, 1.82) is 5.26 Å². The highest BCUT2D eigenvalue weighted by Crippen LogP contribution is 2.39. The van der Waals surface area contributed by atoms with Crippen LogP contribution in [0.25, 0.3) is 31.9 Å². The second-order valence-corrected chi connectivity index (χ2v) is 7.85. The van der Waals surface area contributed by atoms with E-state index in [-0.39, 0.29) is 5.75 Å². The summed E-state index contributed by atoms with van der Waals surface area (Å²) in [6.07, 6.45) is 3.32. The maximum Gasteiger partial charge on any atom is 0.128 e. The Morgan fingerprint density at radius 2 is 1.82 bits per heavy atom. The zero-order valence-corrected chi connectivity index (χ0v) is 16.5. The molecule has 0 aliphatic carbocycles. The summed E-state index contributed by atoms with van der Waals surface area (Å²) < 4.78 is 1.12. The molecular formula is C24H20N2OS. The molecule has 4 aromatic rings. The fraction of sp³-hybridized carbons (Fsp3) is 0.167. The maximum atomic E-state index is 10.2. The van der Waals surface area contributed by atoms with Gasteiger partial charge in [-0.1, -0.05) is 37.6 Å². The third-order valence-electron chi connectivity index (χ3n) is 4.83. The summed E-state index contributed by atoms with van der Waals surface area (Å²) in [5.74, 6) is 0.243. The monoisotopic (exact) mass is 384 g/mol. The van der Waals surface area contributed by atoms with E-state index in [0.717, 1.165) is 51.2 Å². The Morgan fingerprint density at radius 1 is 1.04 bits per heavy atom. The Balaban J connectivity index is 1.90. The van der Waals surface area contributed by atoms with Crippen LogP contribution in [0.2, 0.25) is 0 Å². The van der Waals surface area contributed by atoms with Gasteiger partial charge in [0.15, 0.2) is 0 Å². The van der Waals surface area contributed by atoms with Crippen LogP contribution < -0.4 is 0 Å². The van der Waals surface area contributed by atoms with Gasteiger partial charge in [-0.25, -0.2) is 4.98 Å². The molecule has 0 aliphatic rings. The molecule has 3 nitrogen and oxygen atoms in total. The minimum absolute atomic E-state index is 0.243. The summed E-state index contributed by atoms with van der Waals surface area (Å²) in [5, 5.41) is 20.1. The van der Waals surface area contributed by atoms with E-state index in [0.29, 0.717) is 5.56 Å². The number of para-hydroxylation sites is 1. The van der Waals surface area contributed by atoms with E-state index in [1.165, 1.54) is 5.56 Å². The van der Waals surface area contributed by atoms with Gasteiger partial charge in [0.05, 0.1) is 27.4 Å². The van der Waals surface area contributed by atoms with Crippen LogP contribution in [0.3, 0.4) is 0 Å². The van der Waals surface area contributed by atoms with E-state index in [1.807, 2.05) is 42.5 Å². The predicted octanol–water partition coefficient (Wildman–Crippen LogP) is 6.55. The van der Waals surface area contributed by atoms with Crippen molar-refractivity contribution < 1.29 is 5.11 Å². The van der Waals surface area contributed by atoms with Crippen LogP contribution in [-0.4, -0.2) is 10.1 Å². The molecule has 3 aromatic carbocycles. The van der Waals surface area contributed by atoms with Gasteiger partial charge in [0.25, 0.3) is 0 Å². The number of aromatic hydroxyl groups is 1. The van der Waals surface area contributed by atoms with E-state index in [1.54, 1.807) is 17.4 Å². The lowest BCUT2D eigenvalue weighted by Gasteiger charge is -2.07. The molecule has 0 radical (unpaired) electrons. The van der Waals surface area contributed by atoms with Gasteiger partial charge in [-0.05, 0) is 60.4 Å². The Kier molecular flexibility index (Phi) is 5.10. The van der Waals surface area contributed by atoms with Crippen LogP contribution >= 0.6 is 11.3 Å². The lowest BCUT2D eigenvalue weighted by atomic mass is 9.98. The molecule has 0 bridgehead atoms. The number of fused-ring (bicyclic) bond motifs is 1. The van der Waals surface area contributed by atoms with Gasteiger partial charge >= 0.3 is 0 Å². The number of benzene rings is 3. The number of hydrogen-bond donors (Lipinski definition) is 1. The second-order valence-electron chi connectivity index (χ2n) is 6.82. The number of hydrogen-bond acceptors (Lipinski definition) is 4. The van der Waals surface area contributed by atoms with E-state index in [9.17, 15) is 5.11 Å². The van der Waals surface area contributed by atoms with Gasteiger partial charge in [-0.3, -0.25) is 0 Å². The average molecular weight is 385 g/mol. The minimum atomic E-state index is 0.243. The largest absolute Gasteiger partial charge is 0.507 e. The molecule has 0 saturated carbocycles. The van der Waals surface area contributed by atoms with Crippen LogP contribution in [-0.2, 0) is 6.42 Å². The lowest BCUT2D eigenvalue weighted by Crippen LogP contribution is -1.89. The van der Waals surface area contributed by atoms with Gasteiger partial charge in [0.1, 0.15) is 10.8 Å². The molecule has 4 heteroatoms. The van der Waals surface area contributed by atoms with E-state index < -0.39 is 0 Å². The molecule has 0 amide bonds. The van der Waals surface area contributed by atoms with Crippen LogP contribution in [0, 0.1) is 11.3 Å². The van der Waals surface area contributed by atoms with Crippen LogP contribution in [0.15, 0.2) is 60.7 Å². The predicted molar refractivity (Wildman–Crippen MR) is 115 cm³/mol. The summed E-state index contributed by atoms with van der Waals surface area (Å²) in [4.78, 5) is 4.88. The average Bonchev–Trinajstić information content (AvgIpc) is 3.16. The topological polar surface area (TPSA) is 56.9 Å². The van der Waals surface area contributed by atoms with Gasteiger partial charge in [-0.15, -0.1) is 11.3 Å². The van der Waals surface area contributed by atoms with Crippen molar-refractivity contribution in [2.45, 2.75) is 26.2 Å². The molecule has 1 heterocycles.